The van der Waals surface area contributed by atoms with E-state index in [0.717, 1.165) is 0 Å². The molecule has 0 saturated carbocycles. The molecule has 0 spiro atoms. The Kier molecular flexibility index (Phi) is 5.34. The van der Waals surface area contributed by atoms with Gasteiger partial charge >= 0.3 is 0 Å². The lowest BCUT2D eigenvalue weighted by molar-refractivity contribution is -0.128. The summed E-state index contributed by atoms with van der Waals surface area (Å²) in [6.45, 7) is -0.305. The third-order valence-corrected chi connectivity index (χ3v) is 4.12. The van der Waals surface area contributed by atoms with Crippen molar-refractivity contribution in [1.29, 1.82) is 0 Å². The SMILES string of the molecule is CN1C(=O)C[C@@H](C(=O)NCCCF)[C@@H]1c1ccc(Cl)c(F)c1. The molecule has 2 atom stereocenters. The van der Waals surface area contributed by atoms with Gasteiger partial charge in [-0.25, -0.2) is 4.39 Å². The average Bonchev–Trinajstić information content (AvgIpc) is 2.78. The smallest absolute Gasteiger partial charge is 0.226 e. The monoisotopic (exact) mass is 330 g/mol. The minimum atomic E-state index is -0.627. The summed E-state index contributed by atoms with van der Waals surface area (Å²) < 4.78 is 25.8. The molecule has 1 aromatic carbocycles. The van der Waals surface area contributed by atoms with Crippen LogP contribution in [0.3, 0.4) is 0 Å². The first-order chi connectivity index (χ1) is 10.5. The number of carbonyl (C=O) groups excluding carboxylic acids is 2. The summed E-state index contributed by atoms with van der Waals surface area (Å²) in [5.74, 6) is -1.74. The van der Waals surface area contributed by atoms with Crippen LogP contribution in [-0.2, 0) is 9.59 Å². The average molecular weight is 331 g/mol. The van der Waals surface area contributed by atoms with Crippen LogP contribution in [0, 0.1) is 11.7 Å². The Hall–Kier alpha value is -1.69. The molecule has 1 aromatic rings. The maximum atomic E-state index is 13.7. The van der Waals surface area contributed by atoms with Gasteiger partial charge in [0.05, 0.1) is 23.7 Å². The molecule has 4 nitrogen and oxygen atoms in total. The third-order valence-electron chi connectivity index (χ3n) is 3.82. The molecule has 1 fully saturated rings. The topological polar surface area (TPSA) is 49.4 Å². The number of likely N-dealkylation sites (tertiary alicyclic amines) is 1. The quantitative estimate of drug-likeness (QED) is 0.843. The number of halogens is 3. The summed E-state index contributed by atoms with van der Waals surface area (Å²) in [7, 11) is 1.58. The molecular weight excluding hydrogens is 314 g/mol. The number of rotatable bonds is 5. The molecule has 0 unspecified atom stereocenters. The minimum Gasteiger partial charge on any atom is -0.356 e. The van der Waals surface area contributed by atoms with Gasteiger partial charge in [0.15, 0.2) is 0 Å². The van der Waals surface area contributed by atoms with Crippen LogP contribution in [0.15, 0.2) is 18.2 Å². The summed E-state index contributed by atoms with van der Waals surface area (Å²) in [5, 5.41) is 2.60. The Morgan fingerprint density at radius 3 is 2.86 bits per heavy atom. The van der Waals surface area contributed by atoms with Gasteiger partial charge in [-0.1, -0.05) is 17.7 Å². The van der Waals surface area contributed by atoms with Gasteiger partial charge in [-0.3, -0.25) is 14.0 Å². The van der Waals surface area contributed by atoms with E-state index in [0.29, 0.717) is 5.56 Å². The molecule has 0 aromatic heterocycles. The summed E-state index contributed by atoms with van der Waals surface area (Å²) in [6, 6.07) is 3.70. The Bertz CT molecular complexity index is 583. The van der Waals surface area contributed by atoms with E-state index < -0.39 is 24.5 Å². The summed E-state index contributed by atoms with van der Waals surface area (Å²) in [4.78, 5) is 25.6. The molecule has 1 N–H and O–H groups in total. The molecule has 7 heteroatoms. The third kappa shape index (κ3) is 3.38. The number of benzene rings is 1. The number of nitrogens with zero attached hydrogens (tertiary/aromatic N) is 1. The van der Waals surface area contributed by atoms with Crippen molar-refractivity contribution in [2.45, 2.75) is 18.9 Å². The van der Waals surface area contributed by atoms with E-state index in [9.17, 15) is 18.4 Å². The molecule has 22 heavy (non-hydrogen) atoms. The summed E-state index contributed by atoms with van der Waals surface area (Å²) in [6.07, 6.45) is 0.273. The van der Waals surface area contributed by atoms with E-state index in [4.69, 9.17) is 11.6 Å². The second-order valence-electron chi connectivity index (χ2n) is 5.27. The van der Waals surface area contributed by atoms with E-state index in [1.54, 1.807) is 13.1 Å². The molecule has 0 aliphatic carbocycles. The van der Waals surface area contributed by atoms with Gasteiger partial charge in [0.1, 0.15) is 5.82 Å². The second-order valence-corrected chi connectivity index (χ2v) is 5.67. The van der Waals surface area contributed by atoms with Crippen molar-refractivity contribution in [1.82, 2.24) is 10.2 Å². The highest BCUT2D eigenvalue weighted by Gasteiger charge is 2.42. The van der Waals surface area contributed by atoms with Gasteiger partial charge in [0, 0.05) is 20.0 Å². The fourth-order valence-electron chi connectivity index (χ4n) is 2.67. The van der Waals surface area contributed by atoms with E-state index in [1.807, 2.05) is 0 Å². The lowest BCUT2D eigenvalue weighted by Gasteiger charge is -2.25. The largest absolute Gasteiger partial charge is 0.356 e. The molecular formula is C15H17ClF2N2O2. The minimum absolute atomic E-state index is 0.0142. The van der Waals surface area contributed by atoms with Gasteiger partial charge in [-0.15, -0.1) is 0 Å². The fourth-order valence-corrected chi connectivity index (χ4v) is 2.78. The van der Waals surface area contributed by atoms with Gasteiger partial charge in [0.2, 0.25) is 11.8 Å². The van der Waals surface area contributed by atoms with Crippen molar-refractivity contribution in [3.05, 3.63) is 34.6 Å². The van der Waals surface area contributed by atoms with Crippen molar-refractivity contribution >= 4 is 23.4 Å². The van der Waals surface area contributed by atoms with Crippen molar-refractivity contribution in [2.24, 2.45) is 5.92 Å². The predicted octanol–water partition coefficient (Wildman–Crippen LogP) is 2.47. The van der Waals surface area contributed by atoms with Crippen molar-refractivity contribution in [3.8, 4) is 0 Å². The molecule has 2 amide bonds. The molecule has 120 valence electrons. The second kappa shape index (κ2) is 7.05. The first-order valence-corrected chi connectivity index (χ1v) is 7.37. The first-order valence-electron chi connectivity index (χ1n) is 7.00. The van der Waals surface area contributed by atoms with Gasteiger partial charge in [-0.05, 0) is 24.1 Å². The Morgan fingerprint density at radius 2 is 2.23 bits per heavy atom. The van der Waals surface area contributed by atoms with Crippen LogP contribution in [0.25, 0.3) is 0 Å². The summed E-state index contributed by atoms with van der Waals surface area (Å²) >= 11 is 5.67. The highest BCUT2D eigenvalue weighted by atomic mass is 35.5. The van der Waals surface area contributed by atoms with Crippen molar-refractivity contribution in [2.75, 3.05) is 20.3 Å². The lowest BCUT2D eigenvalue weighted by atomic mass is 9.93. The van der Waals surface area contributed by atoms with Crippen LogP contribution in [0.5, 0.6) is 0 Å². The molecule has 0 radical (unpaired) electrons. The molecule has 1 saturated heterocycles. The number of hydrogen-bond acceptors (Lipinski definition) is 2. The first kappa shape index (κ1) is 16.7. The van der Waals surface area contributed by atoms with Crippen LogP contribution < -0.4 is 5.32 Å². The van der Waals surface area contributed by atoms with Crippen LogP contribution in [0.4, 0.5) is 8.78 Å². The van der Waals surface area contributed by atoms with Crippen LogP contribution in [0.1, 0.15) is 24.4 Å². The normalized spacial score (nSPS) is 21.3. The molecule has 1 heterocycles. The number of nitrogens with one attached hydrogen (secondary N) is 1. The predicted molar refractivity (Wildman–Crippen MR) is 78.6 cm³/mol. The van der Waals surface area contributed by atoms with Gasteiger partial charge < -0.3 is 10.2 Å². The van der Waals surface area contributed by atoms with Crippen LogP contribution in [0.2, 0.25) is 5.02 Å². The Labute approximate surface area is 132 Å². The van der Waals surface area contributed by atoms with Gasteiger partial charge in [0.25, 0.3) is 0 Å². The molecule has 1 aliphatic rings. The molecule has 1 aliphatic heterocycles. The zero-order chi connectivity index (χ0) is 16.3. The maximum Gasteiger partial charge on any atom is 0.226 e. The summed E-state index contributed by atoms with van der Waals surface area (Å²) in [5.41, 5.74) is 0.515. The standard InChI is InChI=1S/C15H17ClF2N2O2/c1-20-13(21)8-10(15(22)19-6-2-5-17)14(20)9-3-4-11(16)12(18)7-9/h3-4,7,10,14H,2,5-6,8H2,1H3,(H,19,22)/t10-,14+/m1/s1. The van der Waals surface area contributed by atoms with E-state index in [1.165, 1.54) is 17.0 Å². The van der Waals surface area contributed by atoms with Crippen LogP contribution in [-0.4, -0.2) is 37.0 Å². The molecule has 2 rings (SSSR count). The van der Waals surface area contributed by atoms with E-state index in [-0.39, 0.29) is 36.2 Å². The van der Waals surface area contributed by atoms with Crippen LogP contribution >= 0.6 is 11.6 Å². The van der Waals surface area contributed by atoms with Crippen molar-refractivity contribution < 1.29 is 18.4 Å². The zero-order valence-corrected chi connectivity index (χ0v) is 12.9. The number of hydrogen-bond donors (Lipinski definition) is 1. The van der Waals surface area contributed by atoms with E-state index in [2.05, 4.69) is 5.32 Å². The highest BCUT2D eigenvalue weighted by Crippen LogP contribution is 2.38. The zero-order valence-electron chi connectivity index (χ0n) is 12.1. The molecule has 0 bridgehead atoms. The number of amides is 2. The number of alkyl halides is 1. The highest BCUT2D eigenvalue weighted by molar-refractivity contribution is 6.30. The van der Waals surface area contributed by atoms with E-state index >= 15 is 0 Å². The van der Waals surface area contributed by atoms with Crippen molar-refractivity contribution in [3.63, 3.8) is 0 Å². The fraction of sp³-hybridized carbons (Fsp3) is 0.467. The Balaban J connectivity index is 2.22. The lowest BCUT2D eigenvalue weighted by Crippen LogP contribution is -2.35. The number of carbonyl (C=O) groups is 2. The Morgan fingerprint density at radius 1 is 1.50 bits per heavy atom. The van der Waals surface area contributed by atoms with Gasteiger partial charge in [-0.2, -0.15) is 0 Å². The maximum absolute atomic E-state index is 13.7.